The number of likely N-dealkylation sites (tertiary alicyclic amines) is 1. The van der Waals surface area contributed by atoms with Crippen LogP contribution in [0.3, 0.4) is 0 Å². The van der Waals surface area contributed by atoms with Crippen molar-refractivity contribution in [2.45, 2.75) is 63.0 Å². The van der Waals surface area contributed by atoms with Crippen LogP contribution in [-0.2, 0) is 16.8 Å². The molecule has 2 N–H and O–H groups in total. The van der Waals surface area contributed by atoms with Crippen molar-refractivity contribution in [3.05, 3.63) is 16.1 Å². The Labute approximate surface area is 158 Å². The lowest BCUT2D eigenvalue weighted by atomic mass is 9.50. The van der Waals surface area contributed by atoms with Crippen molar-refractivity contribution in [2.24, 2.45) is 23.7 Å². The van der Waals surface area contributed by atoms with E-state index in [1.54, 1.807) is 0 Å². The van der Waals surface area contributed by atoms with Gasteiger partial charge < -0.3 is 10.2 Å². The summed E-state index contributed by atoms with van der Waals surface area (Å²) in [6.07, 6.45) is 8.16. The largest absolute Gasteiger partial charge is 0.481 e. The van der Waals surface area contributed by atoms with Crippen LogP contribution in [0.25, 0.3) is 0 Å². The fraction of sp³-hybridized carbons (Fsp3) is 0.800. The number of thiazole rings is 1. The van der Waals surface area contributed by atoms with Gasteiger partial charge in [0.1, 0.15) is 0 Å². The fourth-order valence-electron chi connectivity index (χ4n) is 6.62. The Morgan fingerprint density at radius 3 is 2.50 bits per heavy atom. The maximum absolute atomic E-state index is 11.3. The number of hydrogen-bond acceptors (Lipinski definition) is 5. The minimum atomic E-state index is -0.894. The van der Waals surface area contributed by atoms with Crippen LogP contribution < -0.4 is 0 Å². The third kappa shape index (κ3) is 2.90. The molecule has 6 rings (SSSR count). The number of nitrogens with zero attached hydrogens (tertiary/aromatic N) is 2. The Hall–Kier alpha value is -0.980. The lowest BCUT2D eigenvalue weighted by Gasteiger charge is -2.56. The van der Waals surface area contributed by atoms with Crippen LogP contribution in [0.2, 0.25) is 0 Å². The van der Waals surface area contributed by atoms with E-state index in [4.69, 9.17) is 4.98 Å². The SMILES string of the molecule is O=C(O)[C@@H]1CN(Cc2csc(C34CC5CC(CC(C5)C3)C4)n2)CC[C@H]1O. The van der Waals surface area contributed by atoms with E-state index < -0.39 is 18.0 Å². The molecular weight excluding hydrogens is 348 g/mol. The summed E-state index contributed by atoms with van der Waals surface area (Å²) in [6, 6.07) is 0. The summed E-state index contributed by atoms with van der Waals surface area (Å²) in [6.45, 7) is 1.87. The number of carbonyl (C=O) groups is 1. The molecule has 1 aromatic heterocycles. The second-order valence-electron chi connectivity index (χ2n) is 9.38. The van der Waals surface area contributed by atoms with E-state index in [1.165, 1.54) is 43.5 Å². The van der Waals surface area contributed by atoms with Gasteiger partial charge in [0.25, 0.3) is 0 Å². The fourth-order valence-corrected chi connectivity index (χ4v) is 7.66. The van der Waals surface area contributed by atoms with E-state index in [-0.39, 0.29) is 0 Å². The first-order valence-corrected chi connectivity index (χ1v) is 11.0. The minimum Gasteiger partial charge on any atom is -0.481 e. The Morgan fingerprint density at radius 1 is 1.23 bits per heavy atom. The molecule has 0 amide bonds. The first kappa shape index (κ1) is 17.1. The molecule has 5 fully saturated rings. The van der Waals surface area contributed by atoms with E-state index in [0.29, 0.717) is 24.9 Å². The molecule has 0 radical (unpaired) electrons. The standard InChI is InChI=1S/C20H28N2O3S/c23-17-1-2-22(10-16(17)18(24)25)9-15-11-26-19(21-15)20-6-12-3-13(7-20)5-14(4-12)8-20/h11-14,16-17,23H,1-10H2,(H,24,25)/t12?,13?,14?,16-,17-,20?/m1/s1. The summed E-state index contributed by atoms with van der Waals surface area (Å²) < 4.78 is 0. The van der Waals surface area contributed by atoms with Gasteiger partial charge in [0.2, 0.25) is 0 Å². The molecule has 4 bridgehead atoms. The van der Waals surface area contributed by atoms with Gasteiger partial charge in [-0.15, -0.1) is 11.3 Å². The Balaban J connectivity index is 1.30. The molecular formula is C20H28N2O3S. The molecule has 26 heavy (non-hydrogen) atoms. The molecule has 4 aliphatic carbocycles. The zero-order chi connectivity index (χ0) is 17.9. The van der Waals surface area contributed by atoms with Crippen molar-refractivity contribution in [3.63, 3.8) is 0 Å². The molecule has 2 heterocycles. The zero-order valence-electron chi connectivity index (χ0n) is 15.1. The molecule has 0 aromatic carbocycles. The van der Waals surface area contributed by atoms with Gasteiger partial charge in [-0.25, -0.2) is 4.98 Å². The highest BCUT2D eigenvalue weighted by Gasteiger charge is 2.53. The van der Waals surface area contributed by atoms with Gasteiger partial charge >= 0.3 is 5.97 Å². The first-order valence-electron chi connectivity index (χ1n) is 10.1. The molecule has 6 heteroatoms. The second kappa shape index (κ2) is 6.28. The van der Waals surface area contributed by atoms with Gasteiger partial charge in [0, 0.05) is 30.4 Å². The van der Waals surface area contributed by atoms with E-state index in [0.717, 1.165) is 30.0 Å². The molecule has 0 spiro atoms. The summed E-state index contributed by atoms with van der Waals surface area (Å²) in [5.74, 6) is 1.20. The molecule has 142 valence electrons. The van der Waals surface area contributed by atoms with Crippen LogP contribution in [0.5, 0.6) is 0 Å². The average Bonchev–Trinajstić information content (AvgIpc) is 3.04. The number of hydrogen-bond donors (Lipinski definition) is 2. The maximum atomic E-state index is 11.3. The van der Waals surface area contributed by atoms with Gasteiger partial charge in [-0.2, -0.15) is 0 Å². The third-order valence-corrected chi connectivity index (χ3v) is 8.54. The van der Waals surface area contributed by atoms with Crippen molar-refractivity contribution in [1.29, 1.82) is 0 Å². The number of aromatic nitrogens is 1. The average molecular weight is 377 g/mol. The zero-order valence-corrected chi connectivity index (χ0v) is 16.0. The summed E-state index contributed by atoms with van der Waals surface area (Å²) in [5.41, 5.74) is 1.43. The number of piperidine rings is 1. The topological polar surface area (TPSA) is 73.7 Å². The molecule has 0 unspecified atom stereocenters. The van der Waals surface area contributed by atoms with Gasteiger partial charge in [-0.05, 0) is 62.7 Å². The molecule has 4 saturated carbocycles. The van der Waals surface area contributed by atoms with Gasteiger partial charge in [-0.1, -0.05) is 0 Å². The second-order valence-corrected chi connectivity index (χ2v) is 10.2. The van der Waals surface area contributed by atoms with Crippen LogP contribution in [0.1, 0.15) is 55.6 Å². The van der Waals surface area contributed by atoms with Crippen LogP contribution >= 0.6 is 11.3 Å². The third-order valence-electron chi connectivity index (χ3n) is 7.41. The van der Waals surface area contributed by atoms with Crippen LogP contribution in [0.4, 0.5) is 0 Å². The number of carboxylic acids is 1. The minimum absolute atomic E-state index is 0.347. The quantitative estimate of drug-likeness (QED) is 0.845. The van der Waals surface area contributed by atoms with Crippen molar-refractivity contribution in [1.82, 2.24) is 9.88 Å². The molecule has 5 aliphatic rings. The number of carboxylic acid groups (broad SMARTS) is 1. The Morgan fingerprint density at radius 2 is 1.88 bits per heavy atom. The number of aliphatic carboxylic acids is 1. The summed E-state index contributed by atoms with van der Waals surface area (Å²) in [7, 11) is 0. The Kier molecular flexibility index (Phi) is 4.14. The van der Waals surface area contributed by atoms with Crippen LogP contribution in [-0.4, -0.2) is 45.3 Å². The van der Waals surface area contributed by atoms with Crippen LogP contribution in [0, 0.1) is 23.7 Å². The number of aliphatic hydroxyl groups is 1. The molecule has 1 aromatic rings. The van der Waals surface area contributed by atoms with Crippen molar-refractivity contribution in [2.75, 3.05) is 13.1 Å². The highest BCUT2D eigenvalue weighted by molar-refractivity contribution is 7.09. The van der Waals surface area contributed by atoms with Crippen molar-refractivity contribution >= 4 is 17.3 Å². The van der Waals surface area contributed by atoms with E-state index >= 15 is 0 Å². The molecule has 2 atom stereocenters. The summed E-state index contributed by atoms with van der Waals surface area (Å²) in [4.78, 5) is 18.5. The predicted molar refractivity (Wildman–Crippen MR) is 99.0 cm³/mol. The highest BCUT2D eigenvalue weighted by Crippen LogP contribution is 2.61. The van der Waals surface area contributed by atoms with Gasteiger partial charge in [0.15, 0.2) is 0 Å². The first-order chi connectivity index (χ1) is 12.5. The molecule has 1 aliphatic heterocycles. The molecule has 1 saturated heterocycles. The lowest BCUT2D eigenvalue weighted by Crippen LogP contribution is -2.48. The van der Waals surface area contributed by atoms with E-state index in [1.807, 2.05) is 11.3 Å². The smallest absolute Gasteiger partial charge is 0.310 e. The molecule has 5 nitrogen and oxygen atoms in total. The van der Waals surface area contributed by atoms with Gasteiger partial charge in [-0.3, -0.25) is 9.69 Å². The van der Waals surface area contributed by atoms with Crippen LogP contribution in [0.15, 0.2) is 5.38 Å². The van der Waals surface area contributed by atoms with E-state index in [9.17, 15) is 15.0 Å². The van der Waals surface area contributed by atoms with Crippen molar-refractivity contribution < 1.29 is 15.0 Å². The Bertz CT molecular complexity index is 668. The summed E-state index contributed by atoms with van der Waals surface area (Å²) in [5, 5.41) is 22.7. The maximum Gasteiger partial charge on any atom is 0.310 e. The van der Waals surface area contributed by atoms with Crippen molar-refractivity contribution in [3.8, 4) is 0 Å². The van der Waals surface area contributed by atoms with Gasteiger partial charge in [0.05, 0.1) is 22.7 Å². The van der Waals surface area contributed by atoms with E-state index in [2.05, 4.69) is 10.3 Å². The number of aliphatic hydroxyl groups excluding tert-OH is 1. The normalized spacial score (nSPS) is 42.3. The monoisotopic (exact) mass is 376 g/mol. The number of rotatable bonds is 4. The predicted octanol–water partition coefficient (Wildman–Crippen LogP) is 2.88. The highest BCUT2D eigenvalue weighted by atomic mass is 32.1. The summed E-state index contributed by atoms with van der Waals surface area (Å²) >= 11 is 1.83. The lowest BCUT2D eigenvalue weighted by molar-refractivity contribution is -0.149.